The summed E-state index contributed by atoms with van der Waals surface area (Å²) in [6, 6.07) is 11.0. The maximum atomic E-state index is 14.7. The number of hydrogen-bond donors (Lipinski definition) is 1. The molecule has 1 amide bonds. The lowest BCUT2D eigenvalue weighted by Gasteiger charge is -2.30. The molecule has 1 aliphatic heterocycles. The van der Waals surface area contributed by atoms with Crippen LogP contribution in [0.3, 0.4) is 0 Å². The van der Waals surface area contributed by atoms with E-state index in [0.29, 0.717) is 35.5 Å². The fraction of sp³-hybridized carbons (Fsp3) is 0.296. The van der Waals surface area contributed by atoms with Gasteiger partial charge >= 0.3 is 0 Å². The van der Waals surface area contributed by atoms with Gasteiger partial charge in [-0.1, -0.05) is 13.8 Å². The lowest BCUT2D eigenvalue weighted by atomic mass is 9.87. The van der Waals surface area contributed by atoms with Gasteiger partial charge in [0.2, 0.25) is 0 Å². The first-order chi connectivity index (χ1) is 17.4. The minimum absolute atomic E-state index is 0.164. The van der Waals surface area contributed by atoms with Gasteiger partial charge in [0.05, 0.1) is 17.4 Å². The summed E-state index contributed by atoms with van der Waals surface area (Å²) in [6.07, 6.45) is 6.19. The van der Waals surface area contributed by atoms with Crippen LogP contribution in [-0.4, -0.2) is 27.0 Å². The van der Waals surface area contributed by atoms with Crippen molar-refractivity contribution in [3.63, 3.8) is 0 Å². The van der Waals surface area contributed by atoms with Crippen LogP contribution >= 0.6 is 11.3 Å². The van der Waals surface area contributed by atoms with Crippen molar-refractivity contribution in [1.82, 2.24) is 14.5 Å². The second-order valence-electron chi connectivity index (χ2n) is 9.34. The Labute approximate surface area is 212 Å². The molecule has 1 aliphatic rings. The molecule has 4 heterocycles. The Morgan fingerprint density at radius 3 is 2.75 bits per heavy atom. The third kappa shape index (κ3) is 4.88. The lowest BCUT2D eigenvalue weighted by molar-refractivity contribution is 0.101. The van der Waals surface area contributed by atoms with E-state index < -0.39 is 11.6 Å². The van der Waals surface area contributed by atoms with Crippen LogP contribution in [0, 0.1) is 23.5 Å². The average Bonchev–Trinajstić information content (AvgIpc) is 3.59. The summed E-state index contributed by atoms with van der Waals surface area (Å²) >= 11 is 1.35. The third-order valence-corrected chi connectivity index (χ3v) is 7.51. The Balaban J connectivity index is 1.37. The molecule has 6 nitrogen and oxygen atoms in total. The maximum Gasteiger partial charge on any atom is 0.274 e. The molecule has 0 aliphatic carbocycles. The minimum atomic E-state index is -0.597. The molecule has 9 heteroatoms. The van der Waals surface area contributed by atoms with Crippen LogP contribution in [0.25, 0.3) is 0 Å². The van der Waals surface area contributed by atoms with Gasteiger partial charge in [-0.25, -0.2) is 13.8 Å². The molecule has 0 radical (unpaired) electrons. The summed E-state index contributed by atoms with van der Waals surface area (Å²) in [5.41, 5.74) is 2.72. The van der Waals surface area contributed by atoms with Crippen LogP contribution in [0.1, 0.15) is 48.1 Å². The van der Waals surface area contributed by atoms with Crippen molar-refractivity contribution in [2.75, 3.05) is 16.8 Å². The fourth-order valence-electron chi connectivity index (χ4n) is 4.96. The van der Waals surface area contributed by atoms with E-state index in [1.54, 1.807) is 18.5 Å². The first-order valence-corrected chi connectivity index (χ1v) is 12.8. The Morgan fingerprint density at radius 1 is 1.19 bits per heavy atom. The highest BCUT2D eigenvalue weighted by molar-refractivity contribution is 7.14. The zero-order valence-corrected chi connectivity index (χ0v) is 20.9. The second kappa shape index (κ2) is 10.2. The van der Waals surface area contributed by atoms with Crippen LogP contribution in [0.5, 0.6) is 0 Å². The number of anilines is 2. The van der Waals surface area contributed by atoms with E-state index in [-0.39, 0.29) is 17.9 Å². The molecule has 0 bridgehead atoms. The monoisotopic (exact) mass is 507 g/mol. The molecule has 36 heavy (non-hydrogen) atoms. The van der Waals surface area contributed by atoms with Crippen LogP contribution < -0.4 is 10.2 Å². The predicted octanol–water partition coefficient (Wildman–Crippen LogP) is 6.14. The third-order valence-electron chi connectivity index (χ3n) is 6.73. The molecule has 1 N–H and O–H groups in total. The first kappa shape index (κ1) is 24.1. The van der Waals surface area contributed by atoms with Crippen molar-refractivity contribution in [3.8, 4) is 0 Å². The molecule has 1 aromatic carbocycles. The Morgan fingerprint density at radius 2 is 2.00 bits per heavy atom. The number of aromatic nitrogens is 3. The zero-order chi connectivity index (χ0) is 25.2. The topological polar surface area (TPSA) is 63.1 Å². The highest BCUT2D eigenvalue weighted by Gasteiger charge is 2.39. The molecule has 4 aromatic rings. The van der Waals surface area contributed by atoms with Gasteiger partial charge in [0.25, 0.3) is 5.91 Å². The Hall–Kier alpha value is -3.59. The van der Waals surface area contributed by atoms with E-state index >= 15 is 0 Å². The Kier molecular flexibility index (Phi) is 6.82. The number of hydrogen-bond acceptors (Lipinski definition) is 5. The molecule has 0 spiro atoms. The standard InChI is InChI=1S/C27H27F2N5OS/c1-17(2)20-9-13-34(23-6-5-19(28)14-21(23)29)25(20)22-16-36-27(31-22)32-26(35)24-4-3-12-33(24)15-18-7-10-30-11-8-18/h3-8,10-12,14,16-17,20,25H,9,13,15H2,1-2H3,(H,31,32,35)/t20?,25-/m1/s1. The van der Waals surface area contributed by atoms with E-state index in [0.717, 1.165) is 23.7 Å². The number of pyridine rings is 1. The number of halogens is 2. The van der Waals surface area contributed by atoms with Gasteiger partial charge in [0, 0.05) is 43.1 Å². The SMILES string of the molecule is CC(C)C1CCN(c2ccc(F)cc2F)[C@H]1c1csc(NC(=O)c2cccn2Cc2ccncc2)n1. The van der Waals surface area contributed by atoms with Crippen molar-refractivity contribution in [2.24, 2.45) is 11.8 Å². The summed E-state index contributed by atoms with van der Waals surface area (Å²) in [6.45, 7) is 5.50. The van der Waals surface area contributed by atoms with Crippen LogP contribution in [0.2, 0.25) is 0 Å². The van der Waals surface area contributed by atoms with E-state index in [2.05, 4.69) is 24.1 Å². The van der Waals surface area contributed by atoms with E-state index in [4.69, 9.17) is 4.98 Å². The van der Waals surface area contributed by atoms with Gasteiger partial charge in [-0.15, -0.1) is 11.3 Å². The number of carbonyl (C=O) groups excluding carboxylic acids is 1. The molecule has 186 valence electrons. The highest BCUT2D eigenvalue weighted by atomic mass is 32.1. The average molecular weight is 508 g/mol. The highest BCUT2D eigenvalue weighted by Crippen LogP contribution is 2.45. The maximum absolute atomic E-state index is 14.7. The van der Waals surface area contributed by atoms with E-state index in [1.165, 1.54) is 23.5 Å². The van der Waals surface area contributed by atoms with Crippen molar-refractivity contribution in [1.29, 1.82) is 0 Å². The number of nitrogens with one attached hydrogen (secondary N) is 1. The predicted molar refractivity (Wildman–Crippen MR) is 137 cm³/mol. The largest absolute Gasteiger partial charge is 0.360 e. The summed E-state index contributed by atoms with van der Waals surface area (Å²) in [4.78, 5) is 23.8. The molecule has 3 aromatic heterocycles. The van der Waals surface area contributed by atoms with E-state index in [9.17, 15) is 13.6 Å². The van der Waals surface area contributed by atoms with Crippen LogP contribution in [0.15, 0.2) is 66.4 Å². The quantitative estimate of drug-likeness (QED) is 0.326. The summed E-state index contributed by atoms with van der Waals surface area (Å²) < 4.78 is 30.1. The Bertz CT molecular complexity index is 1350. The minimum Gasteiger partial charge on any atom is -0.360 e. The lowest BCUT2D eigenvalue weighted by Crippen LogP contribution is -2.28. The molecule has 2 atom stereocenters. The van der Waals surface area contributed by atoms with Gasteiger partial charge in [0.1, 0.15) is 17.3 Å². The number of amides is 1. The second-order valence-corrected chi connectivity index (χ2v) is 10.2. The fourth-order valence-corrected chi connectivity index (χ4v) is 5.70. The van der Waals surface area contributed by atoms with Gasteiger partial charge in [-0.3, -0.25) is 15.1 Å². The summed E-state index contributed by atoms with van der Waals surface area (Å²) in [5.74, 6) is -0.830. The molecule has 1 fully saturated rings. The van der Waals surface area contributed by atoms with Crippen molar-refractivity contribution < 1.29 is 13.6 Å². The van der Waals surface area contributed by atoms with Crippen molar-refractivity contribution >= 4 is 28.1 Å². The molecule has 1 unspecified atom stereocenters. The summed E-state index contributed by atoms with van der Waals surface area (Å²) in [5, 5.41) is 5.33. The molecule has 5 rings (SSSR count). The van der Waals surface area contributed by atoms with Crippen molar-refractivity contribution in [2.45, 2.75) is 32.9 Å². The normalized spacial score (nSPS) is 17.6. The van der Waals surface area contributed by atoms with Crippen LogP contribution in [-0.2, 0) is 6.54 Å². The first-order valence-electron chi connectivity index (χ1n) is 11.9. The molecule has 0 saturated carbocycles. The van der Waals surface area contributed by atoms with Gasteiger partial charge in [-0.05, 0) is 60.2 Å². The van der Waals surface area contributed by atoms with Gasteiger partial charge < -0.3 is 9.47 Å². The molecular formula is C27H27F2N5OS. The van der Waals surface area contributed by atoms with Gasteiger partial charge in [0.15, 0.2) is 5.13 Å². The summed E-state index contributed by atoms with van der Waals surface area (Å²) in [7, 11) is 0. The van der Waals surface area contributed by atoms with Crippen LogP contribution in [0.4, 0.5) is 19.6 Å². The van der Waals surface area contributed by atoms with Gasteiger partial charge in [-0.2, -0.15) is 0 Å². The number of carbonyl (C=O) groups is 1. The molecular weight excluding hydrogens is 480 g/mol. The number of benzene rings is 1. The number of rotatable bonds is 7. The number of thiazole rings is 1. The van der Waals surface area contributed by atoms with E-state index in [1.807, 2.05) is 39.2 Å². The number of nitrogens with zero attached hydrogens (tertiary/aromatic N) is 4. The van der Waals surface area contributed by atoms with Crippen molar-refractivity contribution in [3.05, 3.63) is 95.0 Å². The smallest absolute Gasteiger partial charge is 0.274 e. The molecule has 1 saturated heterocycles. The zero-order valence-electron chi connectivity index (χ0n) is 20.1.